The fourth-order valence-corrected chi connectivity index (χ4v) is 1.70. The lowest BCUT2D eigenvalue weighted by Crippen LogP contribution is -2.03. The highest BCUT2D eigenvalue weighted by molar-refractivity contribution is 9.10. The van der Waals surface area contributed by atoms with Gasteiger partial charge in [-0.05, 0) is 34.5 Å². The van der Waals surface area contributed by atoms with E-state index in [0.29, 0.717) is 12.4 Å². The van der Waals surface area contributed by atoms with Crippen LogP contribution in [0.15, 0.2) is 27.7 Å². The molecule has 0 saturated carbocycles. The Morgan fingerprint density at radius 2 is 2.33 bits per heavy atom. The first-order valence-corrected chi connectivity index (χ1v) is 5.16. The summed E-state index contributed by atoms with van der Waals surface area (Å²) in [6.07, 6.45) is 3.10. The molecule has 2 aromatic heterocycles. The van der Waals surface area contributed by atoms with Crippen molar-refractivity contribution in [1.82, 2.24) is 15.1 Å². The number of pyridine rings is 1. The minimum Gasteiger partial charge on any atom is -0.362 e. The highest BCUT2D eigenvalue weighted by Gasteiger charge is 2.03. The first-order valence-electron chi connectivity index (χ1n) is 4.37. The maximum atomic E-state index is 4.62. The van der Waals surface area contributed by atoms with Crippen molar-refractivity contribution in [3.8, 4) is 0 Å². The molecule has 0 aliphatic rings. The van der Waals surface area contributed by atoms with E-state index in [1.165, 1.54) is 6.39 Å². The molecule has 1 N–H and O–H groups in total. The van der Waals surface area contributed by atoms with Crippen LogP contribution in [0.5, 0.6) is 0 Å². The van der Waals surface area contributed by atoms with Gasteiger partial charge in [-0.15, -0.1) is 0 Å². The predicted octanol–water partition coefficient (Wildman–Crippen LogP) is 2.15. The molecule has 5 nitrogen and oxygen atoms in total. The number of hydrogen-bond acceptors (Lipinski definition) is 5. The zero-order valence-corrected chi connectivity index (χ0v) is 9.65. The SMILES string of the molecule is Cc1cnc(NCc2ncon2)c(Br)c1. The number of rotatable bonds is 3. The predicted molar refractivity (Wildman–Crippen MR) is 58.3 cm³/mol. The molecular weight excluding hydrogens is 260 g/mol. The first kappa shape index (κ1) is 10.1. The van der Waals surface area contributed by atoms with Gasteiger partial charge >= 0.3 is 0 Å². The van der Waals surface area contributed by atoms with Gasteiger partial charge in [-0.3, -0.25) is 0 Å². The third kappa shape index (κ3) is 2.53. The van der Waals surface area contributed by atoms with Gasteiger partial charge in [0.25, 0.3) is 0 Å². The number of anilines is 1. The Hall–Kier alpha value is -1.43. The molecule has 0 aliphatic carbocycles. The second kappa shape index (κ2) is 4.39. The van der Waals surface area contributed by atoms with Crippen LogP contribution in [0.4, 0.5) is 5.82 Å². The summed E-state index contributed by atoms with van der Waals surface area (Å²) in [5.74, 6) is 1.37. The van der Waals surface area contributed by atoms with Crippen LogP contribution >= 0.6 is 15.9 Å². The van der Waals surface area contributed by atoms with Crippen molar-refractivity contribution < 1.29 is 4.52 Å². The van der Waals surface area contributed by atoms with Crippen molar-refractivity contribution in [3.63, 3.8) is 0 Å². The van der Waals surface area contributed by atoms with Crippen molar-refractivity contribution in [2.24, 2.45) is 0 Å². The molecule has 0 radical (unpaired) electrons. The van der Waals surface area contributed by atoms with E-state index < -0.39 is 0 Å². The number of nitrogens with zero attached hydrogens (tertiary/aromatic N) is 3. The number of nitrogens with one attached hydrogen (secondary N) is 1. The molecule has 2 aromatic rings. The molecule has 78 valence electrons. The molecule has 0 fully saturated rings. The van der Waals surface area contributed by atoms with Gasteiger partial charge < -0.3 is 9.84 Å². The average molecular weight is 269 g/mol. The third-order valence-corrected chi connectivity index (χ3v) is 2.40. The highest BCUT2D eigenvalue weighted by atomic mass is 79.9. The standard InChI is InChI=1S/C9H9BrN4O/c1-6-2-7(10)9(11-3-6)12-4-8-13-5-15-14-8/h2-3,5H,4H2,1H3,(H,11,12). The Kier molecular flexibility index (Phi) is 2.96. The normalized spacial score (nSPS) is 10.3. The molecule has 0 amide bonds. The van der Waals surface area contributed by atoms with E-state index in [-0.39, 0.29) is 0 Å². The fourth-order valence-electron chi connectivity index (χ4n) is 1.10. The van der Waals surface area contributed by atoms with Gasteiger partial charge in [0.2, 0.25) is 6.39 Å². The maximum absolute atomic E-state index is 4.62. The van der Waals surface area contributed by atoms with Gasteiger partial charge in [0.15, 0.2) is 5.82 Å². The molecule has 0 bridgehead atoms. The Balaban J connectivity index is 2.05. The number of aryl methyl sites for hydroxylation is 1. The molecule has 2 heterocycles. The molecule has 2 rings (SSSR count). The Morgan fingerprint density at radius 1 is 1.47 bits per heavy atom. The summed E-state index contributed by atoms with van der Waals surface area (Å²) in [6, 6.07) is 1.99. The Labute approximate surface area is 95.0 Å². The van der Waals surface area contributed by atoms with E-state index in [9.17, 15) is 0 Å². The molecule has 0 aliphatic heterocycles. The van der Waals surface area contributed by atoms with Crippen molar-refractivity contribution in [2.45, 2.75) is 13.5 Å². The van der Waals surface area contributed by atoms with Crippen LogP contribution in [-0.4, -0.2) is 15.1 Å². The molecule has 0 spiro atoms. The van der Waals surface area contributed by atoms with Gasteiger partial charge in [-0.2, -0.15) is 4.98 Å². The van der Waals surface area contributed by atoms with Crippen LogP contribution in [0.2, 0.25) is 0 Å². The average Bonchev–Trinajstić information content (AvgIpc) is 2.69. The quantitative estimate of drug-likeness (QED) is 0.924. The van der Waals surface area contributed by atoms with E-state index >= 15 is 0 Å². The van der Waals surface area contributed by atoms with Gasteiger partial charge in [0.05, 0.1) is 11.0 Å². The lowest BCUT2D eigenvalue weighted by atomic mass is 10.3. The van der Waals surface area contributed by atoms with E-state index in [1.54, 1.807) is 6.20 Å². The lowest BCUT2D eigenvalue weighted by molar-refractivity contribution is 0.411. The molecule has 0 saturated heterocycles. The van der Waals surface area contributed by atoms with Crippen molar-refractivity contribution in [3.05, 3.63) is 34.5 Å². The minimum absolute atomic E-state index is 0.491. The molecular formula is C9H9BrN4O. The maximum Gasteiger partial charge on any atom is 0.213 e. The van der Waals surface area contributed by atoms with Gasteiger partial charge in [-0.25, -0.2) is 4.98 Å². The highest BCUT2D eigenvalue weighted by Crippen LogP contribution is 2.20. The summed E-state index contributed by atoms with van der Waals surface area (Å²) in [7, 11) is 0. The third-order valence-electron chi connectivity index (χ3n) is 1.80. The van der Waals surface area contributed by atoms with Crippen LogP contribution in [0.1, 0.15) is 11.4 Å². The summed E-state index contributed by atoms with van der Waals surface area (Å²) in [6.45, 7) is 2.48. The fraction of sp³-hybridized carbons (Fsp3) is 0.222. The number of aromatic nitrogens is 3. The van der Waals surface area contributed by atoms with Crippen molar-refractivity contribution in [1.29, 1.82) is 0 Å². The van der Waals surface area contributed by atoms with E-state index in [1.807, 2.05) is 13.0 Å². The molecule has 15 heavy (non-hydrogen) atoms. The van der Waals surface area contributed by atoms with Crippen LogP contribution in [0.3, 0.4) is 0 Å². The van der Waals surface area contributed by atoms with Gasteiger partial charge in [0.1, 0.15) is 5.82 Å². The second-order valence-corrected chi connectivity index (χ2v) is 3.90. The Bertz CT molecular complexity index is 443. The molecule has 0 aromatic carbocycles. The topological polar surface area (TPSA) is 63.8 Å². The smallest absolute Gasteiger partial charge is 0.213 e. The number of halogens is 1. The lowest BCUT2D eigenvalue weighted by Gasteiger charge is -2.05. The minimum atomic E-state index is 0.491. The van der Waals surface area contributed by atoms with Gasteiger partial charge in [-0.1, -0.05) is 5.16 Å². The van der Waals surface area contributed by atoms with Crippen LogP contribution in [0.25, 0.3) is 0 Å². The van der Waals surface area contributed by atoms with Gasteiger partial charge in [0, 0.05) is 6.20 Å². The van der Waals surface area contributed by atoms with Crippen LogP contribution in [0, 0.1) is 6.92 Å². The summed E-state index contributed by atoms with van der Waals surface area (Å²) in [4.78, 5) is 8.13. The zero-order valence-electron chi connectivity index (χ0n) is 8.07. The van der Waals surface area contributed by atoms with Crippen molar-refractivity contribution in [2.75, 3.05) is 5.32 Å². The van der Waals surface area contributed by atoms with Crippen LogP contribution in [-0.2, 0) is 6.54 Å². The summed E-state index contributed by atoms with van der Waals surface area (Å²) in [5, 5.41) is 6.79. The summed E-state index contributed by atoms with van der Waals surface area (Å²) < 4.78 is 5.54. The Morgan fingerprint density at radius 3 is 3.00 bits per heavy atom. The van der Waals surface area contributed by atoms with E-state index in [4.69, 9.17) is 0 Å². The molecule has 0 unspecified atom stereocenters. The summed E-state index contributed by atoms with van der Waals surface area (Å²) >= 11 is 3.42. The second-order valence-electron chi connectivity index (χ2n) is 3.04. The molecule has 6 heteroatoms. The summed E-state index contributed by atoms with van der Waals surface area (Å²) in [5.41, 5.74) is 1.10. The van der Waals surface area contributed by atoms with E-state index in [0.717, 1.165) is 15.9 Å². The van der Waals surface area contributed by atoms with Crippen LogP contribution < -0.4 is 5.32 Å². The zero-order chi connectivity index (χ0) is 10.7. The van der Waals surface area contributed by atoms with Crippen molar-refractivity contribution >= 4 is 21.7 Å². The van der Waals surface area contributed by atoms with E-state index in [2.05, 4.69) is 40.9 Å². The first-order chi connectivity index (χ1) is 7.25. The monoisotopic (exact) mass is 268 g/mol. The molecule has 0 atom stereocenters. The largest absolute Gasteiger partial charge is 0.362 e. The number of hydrogen-bond donors (Lipinski definition) is 1.